The first kappa shape index (κ1) is 9.06. The summed E-state index contributed by atoms with van der Waals surface area (Å²) in [5, 5.41) is 1.09. The maximum Gasteiger partial charge on any atom is 0.139 e. The van der Waals surface area contributed by atoms with Crippen LogP contribution in [0.25, 0.3) is 11.0 Å². The largest absolute Gasteiger partial charge is 0.464 e. The van der Waals surface area contributed by atoms with E-state index in [4.69, 9.17) is 4.42 Å². The summed E-state index contributed by atoms with van der Waals surface area (Å²) in [7, 11) is 0. The standard InChI is InChI=1S/C11H14N2O/c1-3-13(4-2)11-9-6-8-14-10(9)5-7-12-11/h5-8H,3-4H2,1-2H3. The molecule has 2 aromatic heterocycles. The van der Waals surface area contributed by atoms with Gasteiger partial charge in [0.05, 0.1) is 11.6 Å². The lowest BCUT2D eigenvalue weighted by Crippen LogP contribution is -2.22. The molecule has 14 heavy (non-hydrogen) atoms. The van der Waals surface area contributed by atoms with Crippen molar-refractivity contribution in [3.8, 4) is 0 Å². The molecule has 0 N–H and O–H groups in total. The zero-order chi connectivity index (χ0) is 9.97. The first-order valence-electron chi connectivity index (χ1n) is 4.94. The molecule has 0 aliphatic heterocycles. The highest BCUT2D eigenvalue weighted by molar-refractivity contribution is 5.88. The Morgan fingerprint density at radius 1 is 1.29 bits per heavy atom. The van der Waals surface area contributed by atoms with Crippen molar-refractivity contribution in [3.63, 3.8) is 0 Å². The summed E-state index contributed by atoms with van der Waals surface area (Å²) in [6, 6.07) is 3.86. The lowest BCUT2D eigenvalue weighted by molar-refractivity contribution is 0.615. The summed E-state index contributed by atoms with van der Waals surface area (Å²) < 4.78 is 5.33. The summed E-state index contributed by atoms with van der Waals surface area (Å²) in [6.45, 7) is 6.19. The van der Waals surface area contributed by atoms with E-state index in [0.29, 0.717) is 0 Å². The zero-order valence-electron chi connectivity index (χ0n) is 8.53. The number of hydrogen-bond acceptors (Lipinski definition) is 3. The monoisotopic (exact) mass is 190 g/mol. The summed E-state index contributed by atoms with van der Waals surface area (Å²) in [4.78, 5) is 6.61. The van der Waals surface area contributed by atoms with Crippen molar-refractivity contribution < 1.29 is 4.42 Å². The molecule has 0 aliphatic carbocycles. The SMILES string of the molecule is CCN(CC)c1nccc2occc12. The van der Waals surface area contributed by atoms with E-state index in [1.807, 2.05) is 12.1 Å². The predicted octanol–water partition coefficient (Wildman–Crippen LogP) is 2.67. The number of anilines is 1. The van der Waals surface area contributed by atoms with Gasteiger partial charge in [0.25, 0.3) is 0 Å². The minimum Gasteiger partial charge on any atom is -0.464 e. The molecule has 2 aromatic rings. The van der Waals surface area contributed by atoms with Crippen molar-refractivity contribution in [1.29, 1.82) is 0 Å². The summed E-state index contributed by atoms with van der Waals surface area (Å²) in [5.74, 6) is 1.02. The number of nitrogens with zero attached hydrogens (tertiary/aromatic N) is 2. The van der Waals surface area contributed by atoms with Crippen molar-refractivity contribution in [2.75, 3.05) is 18.0 Å². The van der Waals surface area contributed by atoms with Gasteiger partial charge >= 0.3 is 0 Å². The van der Waals surface area contributed by atoms with Crippen LogP contribution in [0.15, 0.2) is 29.0 Å². The number of rotatable bonds is 3. The summed E-state index contributed by atoms with van der Waals surface area (Å²) >= 11 is 0. The highest BCUT2D eigenvalue weighted by Crippen LogP contribution is 2.24. The van der Waals surface area contributed by atoms with Crippen LogP contribution >= 0.6 is 0 Å². The van der Waals surface area contributed by atoms with E-state index >= 15 is 0 Å². The van der Waals surface area contributed by atoms with Crippen LogP contribution in [0.3, 0.4) is 0 Å². The molecule has 0 bridgehead atoms. The van der Waals surface area contributed by atoms with Crippen LogP contribution in [-0.2, 0) is 0 Å². The third-order valence-corrected chi connectivity index (χ3v) is 2.42. The highest BCUT2D eigenvalue weighted by atomic mass is 16.3. The van der Waals surface area contributed by atoms with Gasteiger partial charge in [-0.1, -0.05) is 0 Å². The predicted molar refractivity (Wildman–Crippen MR) is 57.6 cm³/mol. The first-order valence-corrected chi connectivity index (χ1v) is 4.94. The van der Waals surface area contributed by atoms with Gasteiger partial charge in [-0.15, -0.1) is 0 Å². The third-order valence-electron chi connectivity index (χ3n) is 2.42. The second-order valence-electron chi connectivity index (χ2n) is 3.14. The Labute approximate surface area is 83.3 Å². The van der Waals surface area contributed by atoms with E-state index in [9.17, 15) is 0 Å². The fourth-order valence-electron chi connectivity index (χ4n) is 1.66. The van der Waals surface area contributed by atoms with Crippen molar-refractivity contribution in [2.45, 2.75) is 13.8 Å². The van der Waals surface area contributed by atoms with Crippen LogP contribution in [0.4, 0.5) is 5.82 Å². The molecular weight excluding hydrogens is 176 g/mol. The molecule has 2 heterocycles. The Morgan fingerprint density at radius 2 is 2.07 bits per heavy atom. The van der Waals surface area contributed by atoms with Crippen LogP contribution < -0.4 is 4.90 Å². The van der Waals surface area contributed by atoms with E-state index < -0.39 is 0 Å². The van der Waals surface area contributed by atoms with Crippen LogP contribution in [0.1, 0.15) is 13.8 Å². The normalized spacial score (nSPS) is 10.7. The van der Waals surface area contributed by atoms with Gasteiger partial charge in [0.15, 0.2) is 0 Å². The number of furan rings is 1. The fourth-order valence-corrected chi connectivity index (χ4v) is 1.66. The molecule has 74 valence electrons. The minimum absolute atomic E-state index is 0.905. The van der Waals surface area contributed by atoms with Crippen LogP contribution in [0, 0.1) is 0 Å². The van der Waals surface area contributed by atoms with Crippen molar-refractivity contribution in [2.24, 2.45) is 0 Å². The molecule has 3 nitrogen and oxygen atoms in total. The lowest BCUT2D eigenvalue weighted by atomic mass is 10.3. The topological polar surface area (TPSA) is 29.3 Å². The first-order chi connectivity index (χ1) is 6.86. The van der Waals surface area contributed by atoms with Crippen molar-refractivity contribution >= 4 is 16.8 Å². The third kappa shape index (κ3) is 1.35. The molecule has 0 radical (unpaired) electrons. The van der Waals surface area contributed by atoms with Gasteiger partial charge in [-0.2, -0.15) is 0 Å². The molecule has 0 aliphatic rings. The molecule has 0 saturated heterocycles. The lowest BCUT2D eigenvalue weighted by Gasteiger charge is -2.19. The van der Waals surface area contributed by atoms with Crippen molar-refractivity contribution in [3.05, 3.63) is 24.6 Å². The second-order valence-corrected chi connectivity index (χ2v) is 3.14. The van der Waals surface area contributed by atoms with E-state index in [1.165, 1.54) is 0 Å². The van der Waals surface area contributed by atoms with Gasteiger partial charge in [-0.05, 0) is 26.0 Å². The molecule has 0 spiro atoms. The van der Waals surface area contributed by atoms with Gasteiger partial charge in [-0.25, -0.2) is 4.98 Å². The van der Waals surface area contributed by atoms with Gasteiger partial charge in [-0.3, -0.25) is 0 Å². The van der Waals surface area contributed by atoms with E-state index in [1.54, 1.807) is 12.5 Å². The van der Waals surface area contributed by atoms with Gasteiger partial charge in [0, 0.05) is 19.3 Å². The van der Waals surface area contributed by atoms with Gasteiger partial charge in [0.1, 0.15) is 11.4 Å². The zero-order valence-corrected chi connectivity index (χ0v) is 8.53. The Hall–Kier alpha value is -1.51. The van der Waals surface area contributed by atoms with Crippen LogP contribution in [0.5, 0.6) is 0 Å². The molecule has 0 saturated carbocycles. The van der Waals surface area contributed by atoms with E-state index in [2.05, 4.69) is 23.7 Å². The van der Waals surface area contributed by atoms with E-state index in [-0.39, 0.29) is 0 Å². The molecule has 0 aromatic carbocycles. The Kier molecular flexibility index (Phi) is 2.39. The molecule has 2 rings (SSSR count). The Balaban J connectivity index is 2.54. The maximum atomic E-state index is 5.33. The summed E-state index contributed by atoms with van der Waals surface area (Å²) in [5.41, 5.74) is 0.905. The molecule has 0 amide bonds. The van der Waals surface area contributed by atoms with E-state index in [0.717, 1.165) is 29.9 Å². The minimum atomic E-state index is 0.905. The maximum absolute atomic E-state index is 5.33. The average molecular weight is 190 g/mol. The number of aromatic nitrogens is 1. The number of pyridine rings is 1. The highest BCUT2D eigenvalue weighted by Gasteiger charge is 2.09. The van der Waals surface area contributed by atoms with Crippen LogP contribution in [-0.4, -0.2) is 18.1 Å². The number of fused-ring (bicyclic) bond motifs is 1. The molecule has 3 heteroatoms. The number of hydrogen-bond donors (Lipinski definition) is 0. The van der Waals surface area contributed by atoms with Crippen molar-refractivity contribution in [1.82, 2.24) is 4.98 Å². The molecule has 0 unspecified atom stereocenters. The van der Waals surface area contributed by atoms with Gasteiger partial charge in [0.2, 0.25) is 0 Å². The molecular formula is C11H14N2O. The van der Waals surface area contributed by atoms with Gasteiger partial charge < -0.3 is 9.32 Å². The smallest absolute Gasteiger partial charge is 0.139 e. The summed E-state index contributed by atoms with van der Waals surface area (Å²) in [6.07, 6.45) is 3.50. The molecule has 0 fully saturated rings. The van der Waals surface area contributed by atoms with Crippen LogP contribution in [0.2, 0.25) is 0 Å². The average Bonchev–Trinajstić information content (AvgIpc) is 2.68. The second kappa shape index (κ2) is 3.70. The fraction of sp³-hybridized carbons (Fsp3) is 0.364. The quantitative estimate of drug-likeness (QED) is 0.745. The Morgan fingerprint density at radius 3 is 2.79 bits per heavy atom. The molecule has 0 atom stereocenters. The Bertz CT molecular complexity index is 418.